The number of nitrogens with one attached hydrogen (secondary N) is 1. The van der Waals surface area contributed by atoms with Gasteiger partial charge in [0.25, 0.3) is 0 Å². The molecule has 3 rings (SSSR count). The van der Waals surface area contributed by atoms with Gasteiger partial charge in [-0.2, -0.15) is 0 Å². The van der Waals surface area contributed by atoms with Crippen LogP contribution in [0.5, 0.6) is 0 Å². The smallest absolute Gasteiger partial charge is 0.329 e. The fraction of sp³-hybridized carbons (Fsp3) is 0.714. The van der Waals surface area contributed by atoms with Gasteiger partial charge in [-0.1, -0.05) is 0 Å². The third-order valence-corrected chi connectivity index (χ3v) is 3.76. The minimum absolute atomic E-state index is 0.189. The van der Waals surface area contributed by atoms with Crippen molar-refractivity contribution in [1.82, 2.24) is 14.9 Å². The number of hydrogen-bond acceptors (Lipinski definition) is 4. The number of imidazole rings is 1. The lowest BCUT2D eigenvalue weighted by Crippen LogP contribution is -2.33. The molecule has 1 aromatic rings. The van der Waals surface area contributed by atoms with E-state index in [-0.39, 0.29) is 12.0 Å². The molecule has 0 spiro atoms. The maximum Gasteiger partial charge on any atom is 0.329 e. The van der Waals surface area contributed by atoms with Crippen molar-refractivity contribution in [3.63, 3.8) is 0 Å². The van der Waals surface area contributed by atoms with Crippen LogP contribution in [-0.4, -0.2) is 28.7 Å². The summed E-state index contributed by atoms with van der Waals surface area (Å²) in [6, 6.07) is 0.154. The van der Waals surface area contributed by atoms with Gasteiger partial charge < -0.3 is 9.30 Å². The first kappa shape index (κ1) is 12.7. The summed E-state index contributed by atoms with van der Waals surface area (Å²) >= 11 is 0. The van der Waals surface area contributed by atoms with E-state index in [2.05, 4.69) is 14.9 Å². The standard InChI is InChI=1S/C14H21N3O2/c1-2-19-14(18)13(16-7-10-3-4-10)12-8-15-9-17(12)11-5-6-11/h8-11,13,16H,2-7H2,1H3. The first-order valence-electron chi connectivity index (χ1n) is 7.21. The van der Waals surface area contributed by atoms with Crippen LogP contribution in [0.4, 0.5) is 0 Å². The molecule has 0 aliphatic heterocycles. The van der Waals surface area contributed by atoms with Crippen LogP contribution >= 0.6 is 0 Å². The number of ether oxygens (including phenoxy) is 1. The Bertz CT molecular complexity index is 449. The molecular formula is C14H21N3O2. The van der Waals surface area contributed by atoms with Crippen molar-refractivity contribution in [3.05, 3.63) is 18.2 Å². The van der Waals surface area contributed by atoms with Crippen molar-refractivity contribution in [1.29, 1.82) is 0 Å². The second-order valence-electron chi connectivity index (χ2n) is 5.49. The van der Waals surface area contributed by atoms with Crippen LogP contribution in [0.3, 0.4) is 0 Å². The summed E-state index contributed by atoms with van der Waals surface area (Å²) in [4.78, 5) is 16.3. The molecule has 0 saturated heterocycles. The van der Waals surface area contributed by atoms with E-state index in [1.807, 2.05) is 13.3 Å². The van der Waals surface area contributed by atoms with Crippen LogP contribution in [0.2, 0.25) is 0 Å². The normalized spacial score (nSPS) is 20.3. The molecule has 104 valence electrons. The fourth-order valence-electron chi connectivity index (χ4n) is 2.34. The van der Waals surface area contributed by atoms with Crippen LogP contribution in [0, 0.1) is 5.92 Å². The summed E-state index contributed by atoms with van der Waals surface area (Å²) in [6.07, 6.45) is 8.52. The number of carbonyl (C=O) groups is 1. The van der Waals surface area contributed by atoms with Crippen LogP contribution in [0.25, 0.3) is 0 Å². The van der Waals surface area contributed by atoms with Crippen molar-refractivity contribution in [2.45, 2.75) is 44.7 Å². The van der Waals surface area contributed by atoms with E-state index in [9.17, 15) is 4.79 Å². The zero-order valence-electron chi connectivity index (χ0n) is 11.3. The quantitative estimate of drug-likeness (QED) is 0.762. The fourth-order valence-corrected chi connectivity index (χ4v) is 2.34. The van der Waals surface area contributed by atoms with Gasteiger partial charge in [-0.05, 0) is 45.1 Å². The predicted octanol–water partition coefficient (Wildman–Crippen LogP) is 1.82. The van der Waals surface area contributed by atoms with Gasteiger partial charge in [-0.15, -0.1) is 0 Å². The molecule has 2 saturated carbocycles. The molecule has 1 heterocycles. The van der Waals surface area contributed by atoms with Gasteiger partial charge >= 0.3 is 5.97 Å². The van der Waals surface area contributed by atoms with E-state index < -0.39 is 0 Å². The molecule has 19 heavy (non-hydrogen) atoms. The van der Waals surface area contributed by atoms with Gasteiger partial charge in [0.15, 0.2) is 0 Å². The summed E-state index contributed by atoms with van der Waals surface area (Å²) in [5.41, 5.74) is 0.946. The third kappa shape index (κ3) is 2.97. The number of esters is 1. The highest BCUT2D eigenvalue weighted by molar-refractivity contribution is 5.77. The van der Waals surface area contributed by atoms with Gasteiger partial charge in [0.05, 0.1) is 24.8 Å². The summed E-state index contributed by atoms with van der Waals surface area (Å²) in [7, 11) is 0. The highest BCUT2D eigenvalue weighted by atomic mass is 16.5. The van der Waals surface area contributed by atoms with Gasteiger partial charge in [0, 0.05) is 6.04 Å². The summed E-state index contributed by atoms with van der Waals surface area (Å²) in [5, 5.41) is 3.36. The Balaban J connectivity index is 1.75. The van der Waals surface area contributed by atoms with Crippen LogP contribution < -0.4 is 5.32 Å². The highest BCUT2D eigenvalue weighted by Crippen LogP contribution is 2.37. The molecule has 0 aromatic carbocycles. The van der Waals surface area contributed by atoms with Gasteiger partial charge in [0.1, 0.15) is 6.04 Å². The monoisotopic (exact) mass is 263 g/mol. The van der Waals surface area contributed by atoms with E-state index in [1.165, 1.54) is 25.7 Å². The molecule has 1 unspecified atom stereocenters. The summed E-state index contributed by atoms with van der Waals surface area (Å²) in [5.74, 6) is 0.541. The van der Waals surface area contributed by atoms with Crippen molar-refractivity contribution in [2.24, 2.45) is 5.92 Å². The van der Waals surface area contributed by atoms with Crippen molar-refractivity contribution in [2.75, 3.05) is 13.2 Å². The van der Waals surface area contributed by atoms with Crippen molar-refractivity contribution in [3.8, 4) is 0 Å². The van der Waals surface area contributed by atoms with Crippen molar-refractivity contribution < 1.29 is 9.53 Å². The Morgan fingerprint density at radius 1 is 1.53 bits per heavy atom. The predicted molar refractivity (Wildman–Crippen MR) is 70.6 cm³/mol. The lowest BCUT2D eigenvalue weighted by Gasteiger charge is -2.18. The molecule has 0 bridgehead atoms. The molecule has 0 amide bonds. The molecular weight excluding hydrogens is 242 g/mol. The van der Waals surface area contributed by atoms with Crippen LogP contribution in [0.15, 0.2) is 12.5 Å². The van der Waals surface area contributed by atoms with Gasteiger partial charge in [0.2, 0.25) is 0 Å². The van der Waals surface area contributed by atoms with Gasteiger partial charge in [-0.25, -0.2) is 9.78 Å². The SMILES string of the molecule is CCOC(=O)C(NCC1CC1)c1cncn1C1CC1. The molecule has 1 N–H and O–H groups in total. The Morgan fingerprint density at radius 2 is 2.32 bits per heavy atom. The zero-order chi connectivity index (χ0) is 13.2. The number of hydrogen-bond donors (Lipinski definition) is 1. The summed E-state index contributed by atoms with van der Waals surface area (Å²) < 4.78 is 7.32. The summed E-state index contributed by atoms with van der Waals surface area (Å²) in [6.45, 7) is 3.14. The largest absolute Gasteiger partial charge is 0.465 e. The third-order valence-electron chi connectivity index (χ3n) is 3.76. The average molecular weight is 263 g/mol. The topological polar surface area (TPSA) is 56.1 Å². The number of nitrogens with zero attached hydrogens (tertiary/aromatic N) is 2. The molecule has 5 heteroatoms. The minimum Gasteiger partial charge on any atom is -0.465 e. The lowest BCUT2D eigenvalue weighted by atomic mass is 10.2. The van der Waals surface area contributed by atoms with Gasteiger partial charge in [-0.3, -0.25) is 5.32 Å². The number of rotatable bonds is 7. The maximum absolute atomic E-state index is 12.1. The molecule has 1 aromatic heterocycles. The first-order valence-corrected chi connectivity index (χ1v) is 7.21. The van der Waals surface area contributed by atoms with Crippen molar-refractivity contribution >= 4 is 5.97 Å². The average Bonchev–Trinajstić information content (AvgIpc) is 3.31. The Morgan fingerprint density at radius 3 is 2.95 bits per heavy atom. The Hall–Kier alpha value is -1.36. The van der Waals surface area contributed by atoms with E-state index in [0.717, 1.165) is 18.2 Å². The minimum atomic E-state index is -0.372. The zero-order valence-corrected chi connectivity index (χ0v) is 11.3. The molecule has 2 fully saturated rings. The highest BCUT2D eigenvalue weighted by Gasteiger charge is 2.32. The molecule has 2 aliphatic rings. The first-order chi connectivity index (χ1) is 9.29. The Labute approximate surface area is 113 Å². The van der Waals surface area contributed by atoms with E-state index in [0.29, 0.717) is 12.6 Å². The number of carbonyl (C=O) groups excluding carboxylic acids is 1. The molecule has 5 nitrogen and oxygen atoms in total. The second-order valence-corrected chi connectivity index (χ2v) is 5.49. The second kappa shape index (κ2) is 5.33. The molecule has 1 atom stereocenters. The number of aromatic nitrogens is 2. The van der Waals surface area contributed by atoms with Crippen LogP contribution in [0.1, 0.15) is 50.4 Å². The van der Waals surface area contributed by atoms with E-state index in [4.69, 9.17) is 4.74 Å². The maximum atomic E-state index is 12.1. The van der Waals surface area contributed by atoms with E-state index in [1.54, 1.807) is 6.20 Å². The lowest BCUT2D eigenvalue weighted by molar-refractivity contribution is -0.146. The van der Waals surface area contributed by atoms with Crippen LogP contribution in [-0.2, 0) is 9.53 Å². The Kier molecular flexibility index (Phi) is 3.55. The molecule has 2 aliphatic carbocycles. The molecule has 0 radical (unpaired) electrons. The van der Waals surface area contributed by atoms with E-state index >= 15 is 0 Å².